The van der Waals surface area contributed by atoms with Crippen molar-refractivity contribution in [2.75, 3.05) is 4.90 Å². The number of amides is 4. The van der Waals surface area contributed by atoms with Crippen molar-refractivity contribution < 1.29 is 29.0 Å². The van der Waals surface area contributed by atoms with Gasteiger partial charge in [0.15, 0.2) is 5.75 Å². The fourth-order valence-corrected chi connectivity index (χ4v) is 4.27. The number of rotatable bonds is 6. The SMILES string of the molecule is O=C1NC(=O)N(c2ccc(Cl)c(Cl)c2)C(=O)/C1=C/c1cc(Cl)c(Oc2ccc([N+](=O)[O-])cc2[N+](=O)[O-])c(Cl)c1. The van der Waals surface area contributed by atoms with E-state index >= 15 is 0 Å². The molecule has 0 spiro atoms. The molecule has 3 aromatic carbocycles. The summed E-state index contributed by atoms with van der Waals surface area (Å²) in [6, 6.07) is 8.20. The summed E-state index contributed by atoms with van der Waals surface area (Å²) in [6.45, 7) is 0. The van der Waals surface area contributed by atoms with Crippen LogP contribution in [0.1, 0.15) is 5.56 Å². The summed E-state index contributed by atoms with van der Waals surface area (Å²) in [5.41, 5.74) is -1.50. The molecule has 16 heteroatoms. The van der Waals surface area contributed by atoms with Gasteiger partial charge in [-0.25, -0.2) is 9.69 Å². The number of hydrogen-bond donors (Lipinski definition) is 1. The van der Waals surface area contributed by atoms with Crippen molar-refractivity contribution in [2.45, 2.75) is 0 Å². The molecule has 1 aliphatic heterocycles. The highest BCUT2D eigenvalue weighted by molar-refractivity contribution is 6.43. The lowest BCUT2D eigenvalue weighted by Gasteiger charge is -2.26. The Kier molecular flexibility index (Phi) is 7.74. The first-order chi connectivity index (χ1) is 18.4. The Bertz CT molecular complexity index is 1620. The van der Waals surface area contributed by atoms with E-state index in [1.54, 1.807) is 0 Å². The normalized spacial score (nSPS) is 14.4. The Morgan fingerprint density at radius 3 is 2.08 bits per heavy atom. The maximum absolute atomic E-state index is 13.1. The fraction of sp³-hybridized carbons (Fsp3) is 0. The van der Waals surface area contributed by atoms with Crippen LogP contribution in [0.3, 0.4) is 0 Å². The lowest BCUT2D eigenvalue weighted by atomic mass is 10.1. The Morgan fingerprint density at radius 1 is 0.821 bits per heavy atom. The molecule has 1 N–H and O–H groups in total. The summed E-state index contributed by atoms with van der Waals surface area (Å²) in [4.78, 5) is 59.3. The number of non-ortho nitro benzene ring substituents is 1. The minimum Gasteiger partial charge on any atom is -0.447 e. The van der Waals surface area contributed by atoms with Gasteiger partial charge < -0.3 is 4.74 Å². The molecule has 0 bridgehead atoms. The number of halogens is 4. The van der Waals surface area contributed by atoms with Crippen LogP contribution in [-0.4, -0.2) is 27.7 Å². The van der Waals surface area contributed by atoms with E-state index in [0.29, 0.717) is 11.0 Å². The van der Waals surface area contributed by atoms with Crippen molar-refractivity contribution in [3.05, 3.63) is 100.0 Å². The maximum Gasteiger partial charge on any atom is 0.335 e. The van der Waals surface area contributed by atoms with Crippen LogP contribution < -0.4 is 15.0 Å². The summed E-state index contributed by atoms with van der Waals surface area (Å²) in [5, 5.41) is 24.3. The number of imide groups is 2. The summed E-state index contributed by atoms with van der Waals surface area (Å²) in [6.07, 6.45) is 1.12. The molecule has 0 saturated carbocycles. The molecule has 0 atom stereocenters. The first-order valence-electron chi connectivity index (χ1n) is 10.3. The number of benzene rings is 3. The van der Waals surface area contributed by atoms with Crippen LogP contribution >= 0.6 is 46.4 Å². The van der Waals surface area contributed by atoms with Gasteiger partial charge in [-0.2, -0.15) is 0 Å². The third kappa shape index (κ3) is 5.64. The number of hydrogen-bond acceptors (Lipinski definition) is 8. The van der Waals surface area contributed by atoms with E-state index < -0.39 is 44.6 Å². The molecule has 1 aliphatic rings. The molecule has 198 valence electrons. The molecule has 1 heterocycles. The van der Waals surface area contributed by atoms with Gasteiger partial charge >= 0.3 is 11.7 Å². The number of ether oxygens (including phenoxy) is 1. The lowest BCUT2D eigenvalue weighted by Crippen LogP contribution is -2.54. The van der Waals surface area contributed by atoms with Gasteiger partial charge in [-0.3, -0.25) is 35.1 Å². The monoisotopic (exact) mass is 610 g/mol. The number of carbonyl (C=O) groups is 3. The average Bonchev–Trinajstić information content (AvgIpc) is 2.86. The highest BCUT2D eigenvalue weighted by atomic mass is 35.5. The van der Waals surface area contributed by atoms with Crippen molar-refractivity contribution in [1.29, 1.82) is 0 Å². The second kappa shape index (κ2) is 10.9. The third-order valence-electron chi connectivity index (χ3n) is 5.16. The zero-order chi connectivity index (χ0) is 28.6. The predicted octanol–water partition coefficient (Wildman–Crippen LogP) is 6.58. The largest absolute Gasteiger partial charge is 0.447 e. The second-order valence-corrected chi connectivity index (χ2v) is 9.27. The summed E-state index contributed by atoms with van der Waals surface area (Å²) in [7, 11) is 0. The van der Waals surface area contributed by atoms with Crippen molar-refractivity contribution in [3.8, 4) is 11.5 Å². The number of urea groups is 1. The van der Waals surface area contributed by atoms with Gasteiger partial charge in [0.25, 0.3) is 17.5 Å². The zero-order valence-electron chi connectivity index (χ0n) is 18.8. The molecule has 3 aromatic rings. The average molecular weight is 612 g/mol. The zero-order valence-corrected chi connectivity index (χ0v) is 21.8. The summed E-state index contributed by atoms with van der Waals surface area (Å²) < 4.78 is 5.49. The molecule has 0 aliphatic carbocycles. The van der Waals surface area contributed by atoms with Gasteiger partial charge in [0, 0.05) is 6.07 Å². The second-order valence-electron chi connectivity index (χ2n) is 7.64. The third-order valence-corrected chi connectivity index (χ3v) is 6.46. The molecule has 0 unspecified atom stereocenters. The van der Waals surface area contributed by atoms with Crippen LogP contribution in [-0.2, 0) is 9.59 Å². The van der Waals surface area contributed by atoms with E-state index in [2.05, 4.69) is 0 Å². The van der Waals surface area contributed by atoms with Crippen molar-refractivity contribution in [2.24, 2.45) is 0 Å². The minimum absolute atomic E-state index is 0.0507. The highest BCUT2D eigenvalue weighted by Crippen LogP contribution is 2.41. The smallest absolute Gasteiger partial charge is 0.335 e. The molecule has 0 radical (unpaired) electrons. The van der Waals surface area contributed by atoms with Crippen LogP contribution in [0.4, 0.5) is 21.9 Å². The quantitative estimate of drug-likeness (QED) is 0.141. The topological polar surface area (TPSA) is 162 Å². The van der Waals surface area contributed by atoms with Crippen LogP contribution in [0.25, 0.3) is 6.08 Å². The molecule has 4 amide bonds. The fourth-order valence-electron chi connectivity index (χ4n) is 3.40. The van der Waals surface area contributed by atoms with E-state index in [0.717, 1.165) is 18.2 Å². The van der Waals surface area contributed by atoms with Gasteiger partial charge in [0.05, 0.1) is 41.7 Å². The Labute approximate surface area is 237 Å². The molecule has 39 heavy (non-hydrogen) atoms. The molecular formula is C23H10Cl4N4O8. The number of carbonyl (C=O) groups excluding carboxylic acids is 3. The number of barbiturate groups is 1. The Balaban J connectivity index is 1.69. The molecular weight excluding hydrogens is 602 g/mol. The van der Waals surface area contributed by atoms with Gasteiger partial charge in [0.2, 0.25) is 5.75 Å². The number of nitro groups is 2. The van der Waals surface area contributed by atoms with Crippen LogP contribution in [0.2, 0.25) is 20.1 Å². The molecule has 1 fully saturated rings. The lowest BCUT2D eigenvalue weighted by molar-refractivity contribution is -0.394. The number of nitrogens with one attached hydrogen (secondary N) is 1. The van der Waals surface area contributed by atoms with Gasteiger partial charge in [0.1, 0.15) is 5.57 Å². The minimum atomic E-state index is -1.01. The first-order valence-corrected chi connectivity index (χ1v) is 11.8. The van der Waals surface area contributed by atoms with Crippen molar-refractivity contribution in [1.82, 2.24) is 5.32 Å². The van der Waals surface area contributed by atoms with Gasteiger partial charge in [-0.1, -0.05) is 46.4 Å². The van der Waals surface area contributed by atoms with E-state index in [9.17, 15) is 34.6 Å². The standard InChI is InChI=1S/C23H10Cl4N4O8/c24-14-3-1-11(8-15(14)25)29-22(33)13(21(32)28-23(29)34)5-10-6-16(26)20(17(27)7-10)39-19-4-2-12(30(35)36)9-18(19)31(37)38/h1-9H,(H,28,32,34)/b13-5+. The van der Waals surface area contributed by atoms with Crippen LogP contribution in [0.5, 0.6) is 11.5 Å². The summed E-state index contributed by atoms with van der Waals surface area (Å²) in [5.74, 6) is -2.57. The number of nitrogens with zero attached hydrogens (tertiary/aromatic N) is 3. The molecule has 1 saturated heterocycles. The van der Waals surface area contributed by atoms with Gasteiger partial charge in [-0.05, 0) is 48.0 Å². The Morgan fingerprint density at radius 2 is 1.49 bits per heavy atom. The van der Waals surface area contributed by atoms with Crippen LogP contribution in [0.15, 0.2) is 54.1 Å². The number of anilines is 1. The van der Waals surface area contributed by atoms with Crippen molar-refractivity contribution in [3.63, 3.8) is 0 Å². The predicted molar refractivity (Wildman–Crippen MR) is 142 cm³/mol. The molecule has 0 aromatic heterocycles. The maximum atomic E-state index is 13.1. The molecule has 4 rings (SSSR count). The van der Waals surface area contributed by atoms with Gasteiger partial charge in [-0.15, -0.1) is 0 Å². The highest BCUT2D eigenvalue weighted by Gasteiger charge is 2.37. The Hall–Kier alpha value is -4.23. The summed E-state index contributed by atoms with van der Waals surface area (Å²) >= 11 is 24.4. The molecule has 12 nitrogen and oxygen atoms in total. The van der Waals surface area contributed by atoms with E-state index in [-0.39, 0.29) is 42.8 Å². The van der Waals surface area contributed by atoms with Crippen molar-refractivity contribution >= 4 is 87.4 Å². The van der Waals surface area contributed by atoms with E-state index in [1.165, 1.54) is 30.3 Å². The van der Waals surface area contributed by atoms with E-state index in [4.69, 9.17) is 51.1 Å². The number of nitro benzene ring substituents is 2. The van der Waals surface area contributed by atoms with Crippen LogP contribution in [0, 0.1) is 20.2 Å². The first kappa shape index (κ1) is 27.8. The van der Waals surface area contributed by atoms with E-state index in [1.807, 2.05) is 5.32 Å².